The van der Waals surface area contributed by atoms with Gasteiger partial charge in [-0.25, -0.2) is 4.98 Å². The molecule has 4 heteroatoms. The van der Waals surface area contributed by atoms with Gasteiger partial charge in [0.1, 0.15) is 5.82 Å². The number of hydrogen-bond acceptors (Lipinski definition) is 3. The van der Waals surface area contributed by atoms with E-state index in [-0.39, 0.29) is 12.1 Å². The van der Waals surface area contributed by atoms with Crippen LogP contribution in [0, 0.1) is 0 Å². The topological polar surface area (TPSA) is 45.1 Å². The number of nitrogens with one attached hydrogen (secondary N) is 1. The van der Waals surface area contributed by atoms with E-state index in [9.17, 15) is 0 Å². The van der Waals surface area contributed by atoms with Crippen molar-refractivity contribution in [2.45, 2.75) is 32.9 Å². The van der Waals surface area contributed by atoms with Crippen molar-refractivity contribution in [3.05, 3.63) is 22.8 Å². The minimum Gasteiger partial charge on any atom is -0.390 e. The fraction of sp³-hybridized carbons (Fsp3) is 0.500. The molecule has 0 aromatic carbocycles. The molecule has 0 fully saturated rings. The fourth-order valence-corrected chi connectivity index (χ4v) is 1.21. The van der Waals surface area contributed by atoms with Crippen LogP contribution in [-0.4, -0.2) is 15.6 Å². The Hall–Kier alpha value is -0.800. The lowest BCUT2D eigenvalue weighted by Crippen LogP contribution is -2.26. The molecule has 0 atom stereocenters. The van der Waals surface area contributed by atoms with Crippen molar-refractivity contribution in [1.82, 2.24) is 4.98 Å². The van der Waals surface area contributed by atoms with Crippen molar-refractivity contribution in [2.24, 2.45) is 0 Å². The van der Waals surface area contributed by atoms with Gasteiger partial charge in [0.25, 0.3) is 0 Å². The fourth-order valence-electron chi connectivity index (χ4n) is 1.05. The summed E-state index contributed by atoms with van der Waals surface area (Å²) < 4.78 is 0. The van der Waals surface area contributed by atoms with E-state index in [4.69, 9.17) is 16.7 Å². The zero-order chi connectivity index (χ0) is 10.8. The summed E-state index contributed by atoms with van der Waals surface area (Å²) in [4.78, 5) is 4.18. The zero-order valence-electron chi connectivity index (χ0n) is 8.63. The third-order valence-corrected chi connectivity index (χ3v) is 1.92. The summed E-state index contributed by atoms with van der Waals surface area (Å²) in [6.45, 7) is 5.99. The van der Waals surface area contributed by atoms with E-state index in [1.54, 1.807) is 12.1 Å². The van der Waals surface area contributed by atoms with E-state index in [1.807, 2.05) is 20.8 Å². The molecule has 0 bridgehead atoms. The van der Waals surface area contributed by atoms with Crippen LogP contribution in [0.3, 0.4) is 0 Å². The summed E-state index contributed by atoms with van der Waals surface area (Å²) in [5.74, 6) is 0.728. The molecule has 0 saturated carbocycles. The lowest BCUT2D eigenvalue weighted by molar-refractivity contribution is 0.277. The summed E-state index contributed by atoms with van der Waals surface area (Å²) in [5.41, 5.74) is 0.453. The van der Waals surface area contributed by atoms with E-state index < -0.39 is 0 Å². The van der Waals surface area contributed by atoms with Gasteiger partial charge in [0.15, 0.2) is 0 Å². The molecule has 14 heavy (non-hydrogen) atoms. The minimum atomic E-state index is -0.140. The van der Waals surface area contributed by atoms with Crippen LogP contribution < -0.4 is 5.32 Å². The van der Waals surface area contributed by atoms with Gasteiger partial charge in [0, 0.05) is 5.54 Å². The highest BCUT2D eigenvalue weighted by atomic mass is 35.5. The highest BCUT2D eigenvalue weighted by Crippen LogP contribution is 2.18. The van der Waals surface area contributed by atoms with Crippen LogP contribution in [0.5, 0.6) is 0 Å². The van der Waals surface area contributed by atoms with Crippen molar-refractivity contribution in [2.75, 3.05) is 5.32 Å². The normalized spacial score (nSPS) is 11.5. The van der Waals surface area contributed by atoms with E-state index >= 15 is 0 Å². The predicted octanol–water partition coefficient (Wildman–Crippen LogP) is 2.44. The molecule has 0 radical (unpaired) electrons. The number of pyridine rings is 1. The lowest BCUT2D eigenvalue weighted by atomic mass is 10.1. The van der Waals surface area contributed by atoms with Gasteiger partial charge in [-0.3, -0.25) is 0 Å². The Bertz CT molecular complexity index is 320. The Morgan fingerprint density at radius 1 is 1.43 bits per heavy atom. The molecule has 1 aromatic heterocycles. The lowest BCUT2D eigenvalue weighted by Gasteiger charge is -2.21. The molecule has 1 aromatic rings. The predicted molar refractivity (Wildman–Crippen MR) is 58.5 cm³/mol. The van der Waals surface area contributed by atoms with Crippen LogP contribution in [-0.2, 0) is 6.61 Å². The van der Waals surface area contributed by atoms with E-state index in [1.165, 1.54) is 0 Å². The molecule has 1 rings (SSSR count). The molecular formula is C10H15ClN2O. The van der Waals surface area contributed by atoms with Gasteiger partial charge in [-0.15, -0.1) is 0 Å². The van der Waals surface area contributed by atoms with Gasteiger partial charge in [0.05, 0.1) is 17.3 Å². The maximum Gasteiger partial charge on any atom is 0.126 e. The third-order valence-electron chi connectivity index (χ3n) is 1.57. The Balaban J connectivity index is 2.90. The first-order chi connectivity index (χ1) is 6.42. The quantitative estimate of drug-likeness (QED) is 0.795. The van der Waals surface area contributed by atoms with Crippen molar-refractivity contribution < 1.29 is 5.11 Å². The van der Waals surface area contributed by atoms with E-state index in [2.05, 4.69) is 10.3 Å². The summed E-state index contributed by atoms with van der Waals surface area (Å²) >= 11 is 5.82. The number of nitrogens with zero attached hydrogens (tertiary/aromatic N) is 1. The second kappa shape index (κ2) is 4.15. The monoisotopic (exact) mass is 214 g/mol. The molecule has 3 nitrogen and oxygen atoms in total. The number of rotatable bonds is 2. The van der Waals surface area contributed by atoms with Gasteiger partial charge in [-0.05, 0) is 32.9 Å². The Morgan fingerprint density at radius 2 is 2.07 bits per heavy atom. The average Bonchev–Trinajstić information content (AvgIpc) is 2.06. The second-order valence-electron chi connectivity index (χ2n) is 4.16. The van der Waals surface area contributed by atoms with Crippen molar-refractivity contribution >= 4 is 17.4 Å². The standard InChI is InChI=1S/C10H15ClN2O/c1-10(2,3)13-9-5-4-7(11)8(6-14)12-9/h4-5,14H,6H2,1-3H3,(H,12,13). The molecular weight excluding hydrogens is 200 g/mol. The van der Waals surface area contributed by atoms with Gasteiger partial charge < -0.3 is 10.4 Å². The Labute approximate surface area is 89.1 Å². The average molecular weight is 215 g/mol. The van der Waals surface area contributed by atoms with Crippen LogP contribution in [0.15, 0.2) is 12.1 Å². The van der Waals surface area contributed by atoms with Crippen LogP contribution in [0.25, 0.3) is 0 Å². The number of aliphatic hydroxyl groups excluding tert-OH is 1. The summed E-state index contributed by atoms with van der Waals surface area (Å²) in [5, 5.41) is 12.7. The largest absolute Gasteiger partial charge is 0.390 e. The van der Waals surface area contributed by atoms with Crippen LogP contribution >= 0.6 is 11.6 Å². The van der Waals surface area contributed by atoms with Crippen molar-refractivity contribution in [3.8, 4) is 0 Å². The van der Waals surface area contributed by atoms with Gasteiger partial charge in [-0.1, -0.05) is 11.6 Å². The number of anilines is 1. The number of aromatic nitrogens is 1. The third kappa shape index (κ3) is 3.16. The molecule has 1 heterocycles. The summed E-state index contributed by atoms with van der Waals surface area (Å²) in [7, 11) is 0. The zero-order valence-corrected chi connectivity index (χ0v) is 9.39. The number of hydrogen-bond donors (Lipinski definition) is 2. The SMILES string of the molecule is CC(C)(C)Nc1ccc(Cl)c(CO)n1. The van der Waals surface area contributed by atoms with Crippen LogP contribution in [0.1, 0.15) is 26.5 Å². The number of aliphatic hydroxyl groups is 1. The second-order valence-corrected chi connectivity index (χ2v) is 4.57. The maximum absolute atomic E-state index is 8.97. The van der Waals surface area contributed by atoms with Crippen LogP contribution in [0.4, 0.5) is 5.82 Å². The molecule has 0 aliphatic rings. The number of halogens is 1. The van der Waals surface area contributed by atoms with Gasteiger partial charge >= 0.3 is 0 Å². The first-order valence-electron chi connectivity index (χ1n) is 4.47. The smallest absolute Gasteiger partial charge is 0.126 e. The molecule has 0 aliphatic heterocycles. The molecule has 2 N–H and O–H groups in total. The Kier molecular flexibility index (Phi) is 3.34. The highest BCUT2D eigenvalue weighted by Gasteiger charge is 2.11. The molecule has 78 valence electrons. The summed E-state index contributed by atoms with van der Waals surface area (Å²) in [6, 6.07) is 3.53. The minimum absolute atomic E-state index is 0.0481. The molecule has 0 amide bonds. The van der Waals surface area contributed by atoms with Gasteiger partial charge in [0.2, 0.25) is 0 Å². The molecule has 0 saturated heterocycles. The van der Waals surface area contributed by atoms with Crippen molar-refractivity contribution in [3.63, 3.8) is 0 Å². The van der Waals surface area contributed by atoms with Gasteiger partial charge in [-0.2, -0.15) is 0 Å². The van der Waals surface area contributed by atoms with Crippen molar-refractivity contribution in [1.29, 1.82) is 0 Å². The first kappa shape index (κ1) is 11.3. The molecule has 0 unspecified atom stereocenters. The van der Waals surface area contributed by atoms with E-state index in [0.717, 1.165) is 5.82 Å². The van der Waals surface area contributed by atoms with Crippen LogP contribution in [0.2, 0.25) is 5.02 Å². The summed E-state index contributed by atoms with van der Waals surface area (Å²) in [6.07, 6.45) is 0. The maximum atomic E-state index is 8.97. The highest BCUT2D eigenvalue weighted by molar-refractivity contribution is 6.31. The molecule has 0 spiro atoms. The molecule has 0 aliphatic carbocycles. The van der Waals surface area contributed by atoms with E-state index in [0.29, 0.717) is 10.7 Å². The Morgan fingerprint density at radius 3 is 2.57 bits per heavy atom. The first-order valence-corrected chi connectivity index (χ1v) is 4.84.